The maximum atomic E-state index is 5.81. The fourth-order valence-electron chi connectivity index (χ4n) is 2.88. The van der Waals surface area contributed by atoms with Gasteiger partial charge in [-0.3, -0.25) is 4.90 Å². The predicted octanol–water partition coefficient (Wildman–Crippen LogP) is 2.48. The summed E-state index contributed by atoms with van der Waals surface area (Å²) in [5, 5.41) is 0. The first-order valence-corrected chi connectivity index (χ1v) is 8.34. The van der Waals surface area contributed by atoms with Crippen LogP contribution in [0.15, 0.2) is 48.5 Å². The van der Waals surface area contributed by atoms with Gasteiger partial charge in [0.1, 0.15) is 18.1 Å². The molecule has 2 aromatic rings. The van der Waals surface area contributed by atoms with Gasteiger partial charge in [-0.15, -0.1) is 0 Å². The summed E-state index contributed by atoms with van der Waals surface area (Å²) in [5.41, 5.74) is 7.81. The van der Waals surface area contributed by atoms with Crippen molar-refractivity contribution in [3.63, 3.8) is 0 Å². The van der Waals surface area contributed by atoms with E-state index in [0.717, 1.165) is 49.9 Å². The number of nitrogens with two attached hydrogens (primary N) is 1. The van der Waals surface area contributed by atoms with E-state index in [1.807, 2.05) is 36.4 Å². The monoisotopic (exact) mass is 327 g/mol. The van der Waals surface area contributed by atoms with Gasteiger partial charge in [0.2, 0.25) is 0 Å². The lowest BCUT2D eigenvalue weighted by Crippen LogP contribution is -2.47. The molecule has 128 valence electrons. The van der Waals surface area contributed by atoms with Gasteiger partial charge in [-0.1, -0.05) is 0 Å². The van der Waals surface area contributed by atoms with Crippen LogP contribution in [0.25, 0.3) is 0 Å². The fourth-order valence-corrected chi connectivity index (χ4v) is 2.88. The molecule has 0 aliphatic carbocycles. The smallest absolute Gasteiger partial charge is 0.119 e. The standard InChI is InChI=1S/C19H25N3O2/c1-23-18-6-8-19(9-7-18)24-15-14-21-10-12-22(13-11-21)17-4-2-16(20)3-5-17/h2-9H,10-15,20H2,1H3. The van der Waals surface area contributed by atoms with Gasteiger partial charge >= 0.3 is 0 Å². The minimum Gasteiger partial charge on any atom is -0.497 e. The van der Waals surface area contributed by atoms with Crippen LogP contribution in [0.5, 0.6) is 11.5 Å². The number of ether oxygens (including phenoxy) is 2. The number of hydrogen-bond donors (Lipinski definition) is 1. The molecule has 0 atom stereocenters. The highest BCUT2D eigenvalue weighted by molar-refractivity contribution is 5.53. The van der Waals surface area contributed by atoms with Crippen LogP contribution in [-0.4, -0.2) is 51.3 Å². The van der Waals surface area contributed by atoms with E-state index in [1.165, 1.54) is 5.69 Å². The molecule has 0 saturated carbocycles. The highest BCUT2D eigenvalue weighted by Crippen LogP contribution is 2.19. The molecular formula is C19H25N3O2. The second kappa shape index (κ2) is 7.93. The Balaban J connectivity index is 1.39. The molecule has 0 aromatic heterocycles. The molecule has 0 unspecified atom stereocenters. The molecule has 0 radical (unpaired) electrons. The Morgan fingerprint density at radius 1 is 0.875 bits per heavy atom. The van der Waals surface area contributed by atoms with Crippen LogP contribution in [0.4, 0.5) is 11.4 Å². The molecule has 5 nitrogen and oxygen atoms in total. The number of piperazine rings is 1. The Morgan fingerprint density at radius 2 is 1.50 bits per heavy atom. The van der Waals surface area contributed by atoms with Gasteiger partial charge in [0, 0.05) is 44.1 Å². The van der Waals surface area contributed by atoms with Crippen LogP contribution in [0, 0.1) is 0 Å². The quantitative estimate of drug-likeness (QED) is 0.826. The average molecular weight is 327 g/mol. The van der Waals surface area contributed by atoms with Crippen molar-refractivity contribution in [2.75, 3.05) is 57.1 Å². The minimum absolute atomic E-state index is 0.703. The Kier molecular flexibility index (Phi) is 5.43. The number of anilines is 2. The van der Waals surface area contributed by atoms with Crippen LogP contribution < -0.4 is 20.1 Å². The molecule has 0 amide bonds. The van der Waals surface area contributed by atoms with E-state index < -0.39 is 0 Å². The Labute approximate surface area is 143 Å². The van der Waals surface area contributed by atoms with Gasteiger partial charge in [0.15, 0.2) is 0 Å². The fraction of sp³-hybridized carbons (Fsp3) is 0.368. The van der Waals surface area contributed by atoms with Gasteiger partial charge < -0.3 is 20.1 Å². The third-order valence-corrected chi connectivity index (χ3v) is 4.37. The zero-order chi connectivity index (χ0) is 16.8. The zero-order valence-electron chi connectivity index (χ0n) is 14.1. The van der Waals surface area contributed by atoms with Crippen LogP contribution in [0.3, 0.4) is 0 Å². The van der Waals surface area contributed by atoms with Crippen molar-refractivity contribution in [2.24, 2.45) is 0 Å². The van der Waals surface area contributed by atoms with E-state index in [4.69, 9.17) is 15.2 Å². The summed E-state index contributed by atoms with van der Waals surface area (Å²) in [5.74, 6) is 1.73. The zero-order valence-corrected chi connectivity index (χ0v) is 14.1. The molecule has 1 fully saturated rings. The van der Waals surface area contributed by atoms with Crippen molar-refractivity contribution < 1.29 is 9.47 Å². The van der Waals surface area contributed by atoms with Crippen LogP contribution in [0.1, 0.15) is 0 Å². The molecule has 2 N–H and O–H groups in total. The first-order chi connectivity index (χ1) is 11.7. The second-order valence-electron chi connectivity index (χ2n) is 5.94. The minimum atomic E-state index is 0.703. The number of nitrogens with zero attached hydrogens (tertiary/aromatic N) is 2. The number of nitrogen functional groups attached to an aromatic ring is 1. The molecule has 1 aliphatic rings. The lowest BCUT2D eigenvalue weighted by atomic mass is 10.2. The number of hydrogen-bond acceptors (Lipinski definition) is 5. The Bertz CT molecular complexity index is 620. The SMILES string of the molecule is COc1ccc(OCCN2CCN(c3ccc(N)cc3)CC2)cc1. The van der Waals surface area contributed by atoms with Crippen molar-refractivity contribution in [1.82, 2.24) is 4.90 Å². The molecular weight excluding hydrogens is 302 g/mol. The van der Waals surface area contributed by atoms with Gasteiger partial charge in [0.05, 0.1) is 7.11 Å². The average Bonchev–Trinajstić information content (AvgIpc) is 2.64. The van der Waals surface area contributed by atoms with E-state index in [0.29, 0.717) is 6.61 Å². The van der Waals surface area contributed by atoms with E-state index in [2.05, 4.69) is 21.9 Å². The molecule has 24 heavy (non-hydrogen) atoms. The highest BCUT2D eigenvalue weighted by atomic mass is 16.5. The molecule has 0 bridgehead atoms. The number of methoxy groups -OCH3 is 1. The normalized spacial score (nSPS) is 15.3. The molecule has 3 rings (SSSR count). The summed E-state index contributed by atoms with van der Waals surface area (Å²) in [6.07, 6.45) is 0. The Morgan fingerprint density at radius 3 is 2.12 bits per heavy atom. The summed E-state index contributed by atoms with van der Waals surface area (Å²) >= 11 is 0. The first-order valence-electron chi connectivity index (χ1n) is 8.34. The van der Waals surface area contributed by atoms with Gasteiger partial charge in [-0.05, 0) is 48.5 Å². The van der Waals surface area contributed by atoms with Crippen molar-refractivity contribution in [3.8, 4) is 11.5 Å². The van der Waals surface area contributed by atoms with Crippen LogP contribution in [-0.2, 0) is 0 Å². The topological polar surface area (TPSA) is 51.0 Å². The van der Waals surface area contributed by atoms with Gasteiger partial charge in [-0.25, -0.2) is 0 Å². The molecule has 0 spiro atoms. The first kappa shape index (κ1) is 16.5. The summed E-state index contributed by atoms with van der Waals surface area (Å²) in [7, 11) is 1.67. The molecule has 1 saturated heterocycles. The van der Waals surface area contributed by atoms with E-state index in [9.17, 15) is 0 Å². The van der Waals surface area contributed by atoms with E-state index >= 15 is 0 Å². The second-order valence-corrected chi connectivity index (χ2v) is 5.94. The molecule has 1 heterocycles. The van der Waals surface area contributed by atoms with Crippen molar-refractivity contribution in [1.29, 1.82) is 0 Å². The van der Waals surface area contributed by atoms with Gasteiger partial charge in [-0.2, -0.15) is 0 Å². The number of benzene rings is 2. The van der Waals surface area contributed by atoms with Crippen LogP contribution >= 0.6 is 0 Å². The van der Waals surface area contributed by atoms with Gasteiger partial charge in [0.25, 0.3) is 0 Å². The third-order valence-electron chi connectivity index (χ3n) is 4.37. The maximum Gasteiger partial charge on any atom is 0.119 e. The lowest BCUT2D eigenvalue weighted by Gasteiger charge is -2.36. The summed E-state index contributed by atoms with van der Waals surface area (Å²) in [6.45, 7) is 5.82. The molecule has 5 heteroatoms. The summed E-state index contributed by atoms with van der Waals surface area (Å²) in [4.78, 5) is 4.84. The molecule has 1 aliphatic heterocycles. The van der Waals surface area contributed by atoms with Crippen LogP contribution in [0.2, 0.25) is 0 Å². The largest absolute Gasteiger partial charge is 0.497 e. The van der Waals surface area contributed by atoms with Crippen molar-refractivity contribution in [3.05, 3.63) is 48.5 Å². The summed E-state index contributed by atoms with van der Waals surface area (Å²) < 4.78 is 11.0. The Hall–Kier alpha value is -2.40. The highest BCUT2D eigenvalue weighted by Gasteiger charge is 2.16. The lowest BCUT2D eigenvalue weighted by molar-refractivity contribution is 0.200. The summed E-state index contributed by atoms with van der Waals surface area (Å²) in [6, 6.07) is 15.8. The van der Waals surface area contributed by atoms with Crippen molar-refractivity contribution >= 4 is 11.4 Å². The van der Waals surface area contributed by atoms with E-state index in [1.54, 1.807) is 7.11 Å². The molecule has 2 aromatic carbocycles. The number of rotatable bonds is 6. The predicted molar refractivity (Wildman–Crippen MR) is 98.0 cm³/mol. The van der Waals surface area contributed by atoms with Crippen molar-refractivity contribution in [2.45, 2.75) is 0 Å². The van der Waals surface area contributed by atoms with E-state index in [-0.39, 0.29) is 0 Å². The maximum absolute atomic E-state index is 5.81. The third kappa shape index (κ3) is 4.32.